The molecule has 222 valence electrons. The van der Waals surface area contributed by atoms with Crippen LogP contribution >= 0.6 is 31.6 Å². The molecule has 3 atom stereocenters. The van der Waals surface area contributed by atoms with Gasteiger partial charge in [0, 0.05) is 11.4 Å². The standard InChI is InChI=1S/C27H39ClN3O6PS2/c1-3-4-10-26-30-23-15-22(28)25(16-24(23)39-31-26)40(35,36)29-17-21-13-11-20(12-14-21)9-7-5-6-8-19(2)37-38(34)18-27(32)33/h11-16,19,26,29-31,38H,3-10,17-18H2,1-2H3,(H,32,33). The quantitative estimate of drug-likeness (QED) is 0.0886. The molecule has 0 saturated carbocycles. The van der Waals surface area contributed by atoms with Gasteiger partial charge in [-0.15, -0.1) is 0 Å². The van der Waals surface area contributed by atoms with E-state index in [0.29, 0.717) is 0 Å². The van der Waals surface area contributed by atoms with E-state index < -0.39 is 30.2 Å². The summed E-state index contributed by atoms with van der Waals surface area (Å²) in [7, 11) is -6.33. The van der Waals surface area contributed by atoms with Gasteiger partial charge in [0.25, 0.3) is 0 Å². The molecule has 4 N–H and O–H groups in total. The maximum absolute atomic E-state index is 13.0. The van der Waals surface area contributed by atoms with Crippen molar-refractivity contribution >= 4 is 53.3 Å². The third-order valence-corrected chi connectivity index (χ3v) is 10.6. The van der Waals surface area contributed by atoms with Crippen LogP contribution in [0.2, 0.25) is 5.02 Å². The maximum atomic E-state index is 13.0. The lowest BCUT2D eigenvalue weighted by molar-refractivity contribution is -0.134. The number of halogens is 1. The van der Waals surface area contributed by atoms with Gasteiger partial charge in [-0.05, 0) is 67.8 Å². The van der Waals surface area contributed by atoms with E-state index in [1.165, 1.54) is 11.9 Å². The zero-order chi connectivity index (χ0) is 29.1. The summed E-state index contributed by atoms with van der Waals surface area (Å²) in [6.45, 7) is 4.11. The van der Waals surface area contributed by atoms with Gasteiger partial charge in [0.1, 0.15) is 11.1 Å². The number of carboxylic acids is 1. The van der Waals surface area contributed by atoms with Gasteiger partial charge < -0.3 is 14.9 Å². The first-order valence-electron chi connectivity index (χ1n) is 13.6. The van der Waals surface area contributed by atoms with Gasteiger partial charge in [-0.2, -0.15) is 0 Å². The molecule has 1 aliphatic rings. The van der Waals surface area contributed by atoms with Crippen LogP contribution in [0.15, 0.2) is 46.2 Å². The van der Waals surface area contributed by atoms with Crippen molar-refractivity contribution < 1.29 is 27.4 Å². The number of carbonyl (C=O) groups is 1. The molecule has 0 aliphatic carbocycles. The second-order valence-electron chi connectivity index (χ2n) is 9.95. The molecule has 0 radical (unpaired) electrons. The van der Waals surface area contributed by atoms with Gasteiger partial charge in [-0.3, -0.25) is 9.36 Å². The number of carboxylic acid groups (broad SMARTS) is 1. The monoisotopic (exact) mass is 631 g/mol. The number of aryl methyl sites for hydroxylation is 1. The number of nitrogens with one attached hydrogen (secondary N) is 3. The number of unbranched alkanes of at least 4 members (excludes halogenated alkanes) is 3. The summed E-state index contributed by atoms with van der Waals surface area (Å²) in [4.78, 5) is 11.4. The molecule has 0 spiro atoms. The van der Waals surface area contributed by atoms with Crippen LogP contribution in [-0.2, 0) is 36.9 Å². The Kier molecular flexibility index (Phi) is 13.3. The molecular formula is C27H39ClN3O6PS2. The van der Waals surface area contributed by atoms with E-state index in [2.05, 4.69) is 21.7 Å². The first kappa shape index (κ1) is 32.9. The summed E-state index contributed by atoms with van der Waals surface area (Å²) in [6.07, 6.45) is 7.09. The Bertz CT molecular complexity index is 1260. The van der Waals surface area contributed by atoms with Crippen molar-refractivity contribution in [2.75, 3.05) is 11.5 Å². The van der Waals surface area contributed by atoms with Gasteiger partial charge in [0.15, 0.2) is 0 Å². The fraction of sp³-hybridized carbons (Fsp3) is 0.519. The van der Waals surface area contributed by atoms with Gasteiger partial charge >= 0.3 is 5.97 Å². The predicted octanol–water partition coefficient (Wildman–Crippen LogP) is 6.42. The highest BCUT2D eigenvalue weighted by Gasteiger charge is 2.24. The lowest BCUT2D eigenvalue weighted by Gasteiger charge is -2.28. The van der Waals surface area contributed by atoms with Gasteiger partial charge in [0.05, 0.1) is 23.0 Å². The van der Waals surface area contributed by atoms with Crippen LogP contribution in [0.3, 0.4) is 0 Å². The van der Waals surface area contributed by atoms with Crippen LogP contribution in [0.1, 0.15) is 69.9 Å². The van der Waals surface area contributed by atoms with Crippen LogP contribution in [0.5, 0.6) is 0 Å². The van der Waals surface area contributed by atoms with Gasteiger partial charge in [-0.1, -0.05) is 68.5 Å². The van der Waals surface area contributed by atoms with E-state index in [4.69, 9.17) is 21.2 Å². The number of sulfonamides is 1. The zero-order valence-corrected chi connectivity index (χ0v) is 26.3. The van der Waals surface area contributed by atoms with E-state index in [9.17, 15) is 17.8 Å². The molecular weight excluding hydrogens is 593 g/mol. The second kappa shape index (κ2) is 16.2. The minimum absolute atomic E-state index is 0.0572. The van der Waals surface area contributed by atoms with Crippen molar-refractivity contribution in [2.24, 2.45) is 0 Å². The average molecular weight is 632 g/mol. The molecule has 9 nitrogen and oxygen atoms in total. The molecule has 0 amide bonds. The Morgan fingerprint density at radius 3 is 2.60 bits per heavy atom. The number of fused-ring (bicyclic) bond motifs is 1. The van der Waals surface area contributed by atoms with Crippen molar-refractivity contribution in [3.8, 4) is 0 Å². The number of hydrogen-bond acceptors (Lipinski definition) is 8. The third-order valence-electron chi connectivity index (χ3n) is 6.50. The molecule has 3 rings (SSSR count). The molecule has 1 heterocycles. The smallest absolute Gasteiger partial charge is 0.312 e. The first-order valence-corrected chi connectivity index (χ1v) is 17.8. The molecule has 0 saturated heterocycles. The first-order chi connectivity index (χ1) is 19.1. The van der Waals surface area contributed by atoms with Crippen LogP contribution in [0.25, 0.3) is 0 Å². The molecule has 2 aromatic carbocycles. The van der Waals surface area contributed by atoms with Crippen LogP contribution in [0, 0.1) is 0 Å². The normalized spacial score (nSPS) is 16.6. The lowest BCUT2D eigenvalue weighted by atomic mass is 10.0. The summed E-state index contributed by atoms with van der Waals surface area (Å²) < 4.78 is 48.9. The molecule has 13 heteroatoms. The Labute approximate surface area is 247 Å². The van der Waals surface area contributed by atoms with Crippen molar-refractivity contribution in [1.82, 2.24) is 9.44 Å². The number of aliphatic carboxylic acids is 1. The van der Waals surface area contributed by atoms with E-state index in [1.807, 2.05) is 31.2 Å². The van der Waals surface area contributed by atoms with E-state index in [-0.39, 0.29) is 28.7 Å². The topological polar surface area (TPSA) is 134 Å². The molecule has 0 aromatic heterocycles. The number of hydrogen-bond donors (Lipinski definition) is 4. The van der Waals surface area contributed by atoms with Gasteiger partial charge in [-0.25, -0.2) is 17.9 Å². The van der Waals surface area contributed by atoms with Gasteiger partial charge in [0.2, 0.25) is 18.1 Å². The van der Waals surface area contributed by atoms with E-state index >= 15 is 0 Å². The minimum atomic E-state index is -3.81. The fourth-order valence-corrected chi connectivity index (χ4v) is 7.69. The van der Waals surface area contributed by atoms with E-state index in [1.54, 1.807) is 12.1 Å². The summed E-state index contributed by atoms with van der Waals surface area (Å²) in [6, 6.07) is 11.1. The molecule has 0 fully saturated rings. The Morgan fingerprint density at radius 1 is 1.18 bits per heavy atom. The SMILES string of the molecule is CCCCC1NSc2cc(S(=O)(=O)NCc3ccc(CCCCCC(C)O[PH](=O)CC(=O)O)cc3)c(Cl)cc2N1. The second-order valence-corrected chi connectivity index (χ2v) is 14.3. The Morgan fingerprint density at radius 2 is 1.90 bits per heavy atom. The Hall–Kier alpha value is -1.59. The van der Waals surface area contributed by atoms with Crippen LogP contribution < -0.4 is 14.8 Å². The van der Waals surface area contributed by atoms with Crippen LogP contribution in [0.4, 0.5) is 5.69 Å². The van der Waals surface area contributed by atoms with Crippen molar-refractivity contribution in [1.29, 1.82) is 0 Å². The van der Waals surface area contributed by atoms with E-state index in [0.717, 1.165) is 73.1 Å². The lowest BCUT2D eigenvalue weighted by Crippen LogP contribution is -2.35. The fourth-order valence-electron chi connectivity index (χ4n) is 4.30. The van der Waals surface area contributed by atoms with Crippen molar-refractivity contribution in [3.63, 3.8) is 0 Å². The third kappa shape index (κ3) is 10.7. The highest BCUT2D eigenvalue weighted by Crippen LogP contribution is 2.37. The van der Waals surface area contributed by atoms with Crippen molar-refractivity contribution in [2.45, 2.75) is 93.8 Å². The predicted molar refractivity (Wildman–Crippen MR) is 162 cm³/mol. The van der Waals surface area contributed by atoms with Crippen molar-refractivity contribution in [3.05, 3.63) is 52.5 Å². The zero-order valence-electron chi connectivity index (χ0n) is 22.9. The number of benzene rings is 2. The largest absolute Gasteiger partial charge is 0.481 e. The Balaban J connectivity index is 1.43. The average Bonchev–Trinajstić information content (AvgIpc) is 2.90. The minimum Gasteiger partial charge on any atom is -0.481 e. The summed E-state index contributed by atoms with van der Waals surface area (Å²) in [5, 5.41) is 12.2. The number of rotatable bonds is 17. The summed E-state index contributed by atoms with van der Waals surface area (Å²) in [5.41, 5.74) is 2.84. The molecule has 3 unspecified atom stereocenters. The highest BCUT2D eigenvalue weighted by molar-refractivity contribution is 7.97. The summed E-state index contributed by atoms with van der Waals surface area (Å²) >= 11 is 7.82. The van der Waals surface area contributed by atoms with Crippen LogP contribution in [-0.4, -0.2) is 37.9 Å². The molecule has 0 bridgehead atoms. The molecule has 40 heavy (non-hydrogen) atoms. The summed E-state index contributed by atoms with van der Waals surface area (Å²) in [5.74, 6) is -1.11. The highest BCUT2D eigenvalue weighted by atomic mass is 35.5. The molecule has 1 aliphatic heterocycles. The number of anilines is 1. The molecule has 2 aromatic rings. The maximum Gasteiger partial charge on any atom is 0.312 e.